The zero-order valence-corrected chi connectivity index (χ0v) is 17.7. The van der Waals surface area contributed by atoms with Crippen LogP contribution in [0.4, 0.5) is 0 Å². The van der Waals surface area contributed by atoms with Crippen molar-refractivity contribution in [3.8, 4) is 34.0 Å². The fraction of sp³-hybridized carbons (Fsp3) is 0.125. The molecule has 0 saturated carbocycles. The van der Waals surface area contributed by atoms with Gasteiger partial charge in [0.1, 0.15) is 17.2 Å². The summed E-state index contributed by atoms with van der Waals surface area (Å²) in [6.07, 6.45) is 1.59. The third-order valence-corrected chi connectivity index (χ3v) is 4.63. The summed E-state index contributed by atoms with van der Waals surface area (Å²) in [7, 11) is 0. The Hall–Kier alpha value is -4.33. The minimum absolute atomic E-state index is 0.145. The van der Waals surface area contributed by atoms with Gasteiger partial charge in [-0.25, -0.2) is 9.67 Å². The predicted octanol–water partition coefficient (Wildman–Crippen LogP) is 4.28. The Morgan fingerprint density at radius 2 is 1.59 bits per heavy atom. The van der Waals surface area contributed by atoms with E-state index in [0.717, 1.165) is 10.9 Å². The molecule has 0 N–H and O–H groups in total. The second kappa shape index (κ2) is 8.43. The number of ether oxygens (including phenoxy) is 2. The summed E-state index contributed by atoms with van der Waals surface area (Å²) in [6, 6.07) is 16.1. The highest BCUT2D eigenvalue weighted by molar-refractivity contribution is 5.89. The molecule has 8 nitrogen and oxygen atoms in total. The topological polar surface area (TPSA) is 100 Å². The van der Waals surface area contributed by atoms with Gasteiger partial charge in [-0.15, -0.1) is 0 Å². The Bertz CT molecular complexity index is 1370. The molecule has 0 aliphatic heterocycles. The normalized spacial score (nSPS) is 10.7. The minimum Gasteiger partial charge on any atom is -0.427 e. The molecule has 2 aromatic heterocycles. The Kier molecular flexibility index (Phi) is 5.51. The SMILES string of the molecule is CC(=O)Oc1ccc(-c2nn(C(C)=O)cc2-c2ccc3ccccc3n2)c(OC(C)=O)c1. The Labute approximate surface area is 183 Å². The molecule has 2 aromatic carbocycles. The average molecular weight is 429 g/mol. The van der Waals surface area contributed by atoms with Crippen molar-refractivity contribution < 1.29 is 23.9 Å². The average Bonchev–Trinajstić information content (AvgIpc) is 3.18. The number of para-hydroxylation sites is 1. The molecule has 0 unspecified atom stereocenters. The lowest BCUT2D eigenvalue weighted by Gasteiger charge is -2.11. The number of esters is 2. The van der Waals surface area contributed by atoms with Crippen LogP contribution in [0, 0.1) is 0 Å². The standard InChI is InChI=1S/C24H19N3O5/c1-14(28)27-13-20(22-11-8-17-6-4-5-7-21(17)25-22)24(26-27)19-10-9-18(31-15(2)29)12-23(19)32-16(3)30/h4-13H,1-3H3. The minimum atomic E-state index is -0.553. The van der Waals surface area contributed by atoms with Gasteiger partial charge >= 0.3 is 11.9 Å². The van der Waals surface area contributed by atoms with Gasteiger partial charge < -0.3 is 9.47 Å². The summed E-state index contributed by atoms with van der Waals surface area (Å²) >= 11 is 0. The first kappa shape index (κ1) is 20.9. The van der Waals surface area contributed by atoms with Crippen LogP contribution in [-0.2, 0) is 9.59 Å². The van der Waals surface area contributed by atoms with E-state index in [2.05, 4.69) is 5.10 Å². The number of carbonyl (C=O) groups is 3. The number of aromatic nitrogens is 3. The molecule has 2 heterocycles. The van der Waals surface area contributed by atoms with Gasteiger partial charge in [0.05, 0.1) is 11.2 Å². The van der Waals surface area contributed by atoms with Crippen molar-refractivity contribution >= 4 is 28.7 Å². The molecule has 4 aromatic rings. The van der Waals surface area contributed by atoms with E-state index in [1.165, 1.54) is 31.5 Å². The number of benzene rings is 2. The third-order valence-electron chi connectivity index (χ3n) is 4.63. The Balaban J connectivity index is 1.92. The van der Waals surface area contributed by atoms with Gasteiger partial charge in [0, 0.05) is 49.5 Å². The summed E-state index contributed by atoms with van der Waals surface area (Å²) in [5.41, 5.74) is 2.82. The van der Waals surface area contributed by atoms with Crippen LogP contribution in [0.25, 0.3) is 33.4 Å². The number of fused-ring (bicyclic) bond motifs is 1. The maximum Gasteiger partial charge on any atom is 0.308 e. The van der Waals surface area contributed by atoms with Crippen LogP contribution >= 0.6 is 0 Å². The third kappa shape index (κ3) is 4.24. The van der Waals surface area contributed by atoms with Crippen LogP contribution in [0.15, 0.2) is 60.8 Å². The molecule has 32 heavy (non-hydrogen) atoms. The lowest BCUT2D eigenvalue weighted by Crippen LogP contribution is -2.07. The van der Waals surface area contributed by atoms with Crippen LogP contribution < -0.4 is 9.47 Å². The van der Waals surface area contributed by atoms with Crippen molar-refractivity contribution in [1.29, 1.82) is 0 Å². The monoisotopic (exact) mass is 429 g/mol. The first-order valence-corrected chi connectivity index (χ1v) is 9.80. The highest BCUT2D eigenvalue weighted by atomic mass is 16.5. The van der Waals surface area contributed by atoms with E-state index in [-0.39, 0.29) is 17.4 Å². The van der Waals surface area contributed by atoms with Crippen LogP contribution in [0.1, 0.15) is 25.6 Å². The van der Waals surface area contributed by atoms with Crippen LogP contribution in [0.3, 0.4) is 0 Å². The highest BCUT2D eigenvalue weighted by Gasteiger charge is 2.21. The van der Waals surface area contributed by atoms with Crippen LogP contribution in [-0.4, -0.2) is 32.6 Å². The molecule has 0 fully saturated rings. The van der Waals surface area contributed by atoms with Crippen molar-refractivity contribution in [2.24, 2.45) is 0 Å². The maximum atomic E-state index is 12.1. The molecule has 160 valence electrons. The molecule has 0 saturated heterocycles. The number of rotatable bonds is 4. The molecular formula is C24H19N3O5. The van der Waals surface area contributed by atoms with Crippen molar-refractivity contribution in [1.82, 2.24) is 14.8 Å². The highest BCUT2D eigenvalue weighted by Crippen LogP contribution is 2.38. The summed E-state index contributed by atoms with van der Waals surface area (Å²) in [5, 5.41) is 5.40. The van der Waals surface area contributed by atoms with E-state index < -0.39 is 11.9 Å². The number of carbonyl (C=O) groups excluding carboxylic acids is 3. The summed E-state index contributed by atoms with van der Waals surface area (Å²) in [6.45, 7) is 3.94. The molecule has 4 rings (SSSR count). The van der Waals surface area contributed by atoms with Crippen LogP contribution in [0.2, 0.25) is 0 Å². The summed E-state index contributed by atoms with van der Waals surface area (Å²) in [4.78, 5) is 39.8. The number of hydrogen-bond donors (Lipinski definition) is 0. The second-order valence-electron chi connectivity index (χ2n) is 7.09. The quantitative estimate of drug-likeness (QED) is 0.353. The van der Waals surface area contributed by atoms with Gasteiger partial charge in [0.15, 0.2) is 0 Å². The zero-order valence-electron chi connectivity index (χ0n) is 17.7. The Morgan fingerprint density at radius 1 is 0.844 bits per heavy atom. The predicted molar refractivity (Wildman–Crippen MR) is 117 cm³/mol. The lowest BCUT2D eigenvalue weighted by molar-refractivity contribution is -0.132. The fourth-order valence-corrected chi connectivity index (χ4v) is 3.30. The number of hydrogen-bond acceptors (Lipinski definition) is 7. The van der Waals surface area contributed by atoms with E-state index in [0.29, 0.717) is 22.5 Å². The first-order valence-electron chi connectivity index (χ1n) is 9.80. The van der Waals surface area contributed by atoms with Gasteiger partial charge in [-0.1, -0.05) is 24.3 Å². The van der Waals surface area contributed by atoms with Crippen molar-refractivity contribution in [2.75, 3.05) is 0 Å². The van der Waals surface area contributed by atoms with E-state index in [1.54, 1.807) is 18.3 Å². The van der Waals surface area contributed by atoms with E-state index in [9.17, 15) is 14.4 Å². The largest absolute Gasteiger partial charge is 0.427 e. The second-order valence-corrected chi connectivity index (χ2v) is 7.09. The molecule has 0 atom stereocenters. The smallest absolute Gasteiger partial charge is 0.308 e. The van der Waals surface area contributed by atoms with E-state index in [4.69, 9.17) is 14.5 Å². The maximum absolute atomic E-state index is 12.1. The summed E-state index contributed by atoms with van der Waals surface area (Å²) in [5.74, 6) is -0.985. The molecule has 0 aliphatic carbocycles. The molecule has 0 aliphatic rings. The molecule has 0 radical (unpaired) electrons. The molecule has 8 heteroatoms. The van der Waals surface area contributed by atoms with Crippen molar-refractivity contribution in [3.05, 3.63) is 60.8 Å². The van der Waals surface area contributed by atoms with Crippen molar-refractivity contribution in [3.63, 3.8) is 0 Å². The molecule has 0 bridgehead atoms. The van der Waals surface area contributed by atoms with Gasteiger partial charge in [-0.3, -0.25) is 14.4 Å². The van der Waals surface area contributed by atoms with Gasteiger partial charge in [-0.05, 0) is 24.3 Å². The Morgan fingerprint density at radius 3 is 2.31 bits per heavy atom. The van der Waals surface area contributed by atoms with Gasteiger partial charge in [0.2, 0.25) is 5.91 Å². The lowest BCUT2D eigenvalue weighted by atomic mass is 10.0. The van der Waals surface area contributed by atoms with Gasteiger partial charge in [0.25, 0.3) is 0 Å². The molecule has 0 amide bonds. The first-order chi connectivity index (χ1) is 15.3. The van der Waals surface area contributed by atoms with Gasteiger partial charge in [-0.2, -0.15) is 5.10 Å². The van der Waals surface area contributed by atoms with Crippen molar-refractivity contribution in [2.45, 2.75) is 20.8 Å². The summed E-state index contributed by atoms with van der Waals surface area (Å²) < 4.78 is 11.7. The number of pyridine rings is 1. The molecule has 0 spiro atoms. The molecular weight excluding hydrogens is 410 g/mol. The van der Waals surface area contributed by atoms with E-state index >= 15 is 0 Å². The van der Waals surface area contributed by atoms with Crippen LogP contribution in [0.5, 0.6) is 11.5 Å². The number of nitrogens with zero attached hydrogens (tertiary/aromatic N) is 3. The zero-order chi connectivity index (χ0) is 22.8. The van der Waals surface area contributed by atoms with E-state index in [1.807, 2.05) is 36.4 Å². The fourth-order valence-electron chi connectivity index (χ4n) is 3.30.